The van der Waals surface area contributed by atoms with Crippen LogP contribution in [0.1, 0.15) is 34.5 Å². The molecule has 162 valence electrons. The second-order valence-corrected chi connectivity index (χ2v) is 10.4. The van der Waals surface area contributed by atoms with Crippen LogP contribution < -0.4 is 4.31 Å². The van der Waals surface area contributed by atoms with Crippen LogP contribution in [0.5, 0.6) is 0 Å². The molecule has 0 saturated carbocycles. The van der Waals surface area contributed by atoms with Gasteiger partial charge in [0, 0.05) is 39.8 Å². The molecular weight excluding hydrogens is 492 g/mol. The van der Waals surface area contributed by atoms with Crippen molar-refractivity contribution < 1.29 is 17.6 Å². The fraction of sp³-hybridized carbons (Fsp3) is 0.167. The van der Waals surface area contributed by atoms with Crippen molar-refractivity contribution in [3.8, 4) is 0 Å². The number of carbonyl (C=O) groups excluding carboxylic acids is 1. The number of anilines is 1. The number of hydrogen-bond donors (Lipinski definition) is 0. The summed E-state index contributed by atoms with van der Waals surface area (Å²) in [4.78, 5) is 17.4. The lowest BCUT2D eigenvalue weighted by molar-refractivity contribution is 0.101. The van der Waals surface area contributed by atoms with Gasteiger partial charge in [0.15, 0.2) is 0 Å². The molecule has 6 nitrogen and oxygen atoms in total. The molecule has 1 aliphatic rings. The molecule has 32 heavy (non-hydrogen) atoms. The molecule has 0 unspecified atom stereocenters. The maximum Gasteiger partial charge on any atom is 0.272 e. The van der Waals surface area contributed by atoms with E-state index in [1.807, 2.05) is 0 Å². The zero-order valence-corrected chi connectivity index (χ0v) is 19.4. The van der Waals surface area contributed by atoms with Crippen LogP contribution >= 0.6 is 15.9 Å². The number of aryl methyl sites for hydroxylation is 2. The van der Waals surface area contributed by atoms with E-state index in [9.17, 15) is 13.2 Å². The summed E-state index contributed by atoms with van der Waals surface area (Å²) in [7, 11) is -4.18. The lowest BCUT2D eigenvalue weighted by Gasteiger charge is -2.23. The Morgan fingerprint density at radius 3 is 2.44 bits per heavy atom. The van der Waals surface area contributed by atoms with E-state index in [0.29, 0.717) is 5.58 Å². The van der Waals surface area contributed by atoms with E-state index in [1.165, 1.54) is 36.7 Å². The molecule has 4 aromatic rings. The topological polar surface area (TPSA) is 80.5 Å². The minimum absolute atomic E-state index is 0.0254. The number of benzene rings is 2. The van der Waals surface area contributed by atoms with Gasteiger partial charge >= 0.3 is 0 Å². The maximum atomic E-state index is 13.7. The molecule has 1 amide bonds. The summed E-state index contributed by atoms with van der Waals surface area (Å²) in [6.45, 7) is 0. The molecule has 0 atom stereocenters. The van der Waals surface area contributed by atoms with Gasteiger partial charge < -0.3 is 4.42 Å². The van der Waals surface area contributed by atoms with E-state index >= 15 is 0 Å². The van der Waals surface area contributed by atoms with E-state index < -0.39 is 15.9 Å². The van der Waals surface area contributed by atoms with E-state index in [4.69, 9.17) is 4.42 Å². The van der Waals surface area contributed by atoms with E-state index in [-0.39, 0.29) is 16.1 Å². The molecule has 0 saturated heterocycles. The molecule has 0 spiro atoms. The Balaban J connectivity index is 1.69. The Morgan fingerprint density at radius 2 is 1.69 bits per heavy atom. The molecule has 0 radical (unpaired) electrons. The van der Waals surface area contributed by atoms with Gasteiger partial charge in [-0.1, -0.05) is 15.9 Å². The number of furan rings is 1. The van der Waals surface area contributed by atoms with Crippen molar-refractivity contribution >= 4 is 48.5 Å². The summed E-state index contributed by atoms with van der Waals surface area (Å²) < 4.78 is 34.9. The van der Waals surface area contributed by atoms with Crippen LogP contribution in [0.3, 0.4) is 0 Å². The second-order valence-electron chi connectivity index (χ2n) is 7.66. The molecule has 0 N–H and O–H groups in total. The van der Waals surface area contributed by atoms with Crippen LogP contribution in [-0.4, -0.2) is 19.3 Å². The van der Waals surface area contributed by atoms with Crippen molar-refractivity contribution in [1.82, 2.24) is 4.98 Å². The second kappa shape index (κ2) is 8.18. The Morgan fingerprint density at radius 1 is 0.969 bits per heavy atom. The Kier molecular flexibility index (Phi) is 5.35. The standard InChI is InChI=1S/C24H19BrN2O4S/c25-17-5-8-19(9-6-17)32(29,30)27(24(28)16-11-13-26-14-12-16)18-7-10-23-21(15-18)20-3-1-2-4-22(20)31-23/h5-15H,1-4H2. The molecule has 2 aromatic carbocycles. The fourth-order valence-corrected chi connectivity index (χ4v) is 5.74. The number of pyridine rings is 1. The average molecular weight is 511 g/mol. The van der Waals surface area contributed by atoms with Gasteiger partial charge in [-0.05, 0) is 73.9 Å². The molecule has 0 aliphatic heterocycles. The number of halogens is 1. The first-order chi connectivity index (χ1) is 15.4. The SMILES string of the molecule is O=C(c1ccncc1)N(c1ccc2oc3c(c2c1)CCCC3)S(=O)(=O)c1ccc(Br)cc1. The molecule has 2 heterocycles. The number of nitrogens with zero attached hydrogens (tertiary/aromatic N) is 2. The van der Waals surface area contributed by atoms with Crippen molar-refractivity contribution in [3.05, 3.63) is 88.4 Å². The predicted molar refractivity (Wildman–Crippen MR) is 125 cm³/mol. The zero-order chi connectivity index (χ0) is 22.3. The molecule has 1 aliphatic carbocycles. The first-order valence-electron chi connectivity index (χ1n) is 10.2. The van der Waals surface area contributed by atoms with Gasteiger partial charge in [0.1, 0.15) is 11.3 Å². The summed E-state index contributed by atoms with van der Waals surface area (Å²) in [6.07, 6.45) is 6.81. The smallest absolute Gasteiger partial charge is 0.272 e. The van der Waals surface area contributed by atoms with Crippen LogP contribution in [0.25, 0.3) is 11.0 Å². The fourth-order valence-electron chi connectivity index (χ4n) is 4.07. The first kappa shape index (κ1) is 20.9. The van der Waals surface area contributed by atoms with Gasteiger partial charge in [0.05, 0.1) is 10.6 Å². The number of carbonyl (C=O) groups is 1. The summed E-state index contributed by atoms with van der Waals surface area (Å²) in [5.74, 6) is 0.304. The molecular formula is C24H19BrN2O4S. The van der Waals surface area contributed by atoms with Crippen LogP contribution in [-0.2, 0) is 22.9 Å². The lowest BCUT2D eigenvalue weighted by atomic mass is 9.96. The van der Waals surface area contributed by atoms with E-state index in [2.05, 4.69) is 20.9 Å². The Bertz CT molecular complexity index is 1410. The highest BCUT2D eigenvalue weighted by Gasteiger charge is 2.32. The summed E-state index contributed by atoms with van der Waals surface area (Å²) >= 11 is 3.32. The number of sulfonamides is 1. The largest absolute Gasteiger partial charge is 0.461 e. The molecule has 0 fully saturated rings. The summed E-state index contributed by atoms with van der Waals surface area (Å²) in [5, 5.41) is 0.857. The third-order valence-electron chi connectivity index (χ3n) is 5.64. The quantitative estimate of drug-likeness (QED) is 0.361. The van der Waals surface area contributed by atoms with Gasteiger partial charge in [-0.25, -0.2) is 8.42 Å². The van der Waals surface area contributed by atoms with Gasteiger partial charge in [-0.3, -0.25) is 9.78 Å². The van der Waals surface area contributed by atoms with Crippen molar-refractivity contribution in [2.45, 2.75) is 30.6 Å². The van der Waals surface area contributed by atoms with Gasteiger partial charge in [0.2, 0.25) is 0 Å². The minimum atomic E-state index is -4.18. The van der Waals surface area contributed by atoms with Crippen molar-refractivity contribution in [3.63, 3.8) is 0 Å². The van der Waals surface area contributed by atoms with Crippen LogP contribution in [0.4, 0.5) is 5.69 Å². The number of hydrogen-bond acceptors (Lipinski definition) is 5. The zero-order valence-electron chi connectivity index (χ0n) is 17.0. The molecule has 5 rings (SSSR count). The highest BCUT2D eigenvalue weighted by atomic mass is 79.9. The van der Waals surface area contributed by atoms with E-state index in [0.717, 1.165) is 51.2 Å². The van der Waals surface area contributed by atoms with Gasteiger partial charge in [-0.2, -0.15) is 4.31 Å². The normalized spacial score (nSPS) is 13.7. The van der Waals surface area contributed by atoms with Gasteiger partial charge in [0.25, 0.3) is 15.9 Å². The first-order valence-corrected chi connectivity index (χ1v) is 12.5. The Labute approximate surface area is 194 Å². The van der Waals surface area contributed by atoms with Crippen molar-refractivity contribution in [2.24, 2.45) is 0 Å². The van der Waals surface area contributed by atoms with E-state index in [1.54, 1.807) is 30.3 Å². The molecule has 0 bridgehead atoms. The maximum absolute atomic E-state index is 13.7. The van der Waals surface area contributed by atoms with Crippen molar-refractivity contribution in [2.75, 3.05) is 4.31 Å². The highest BCUT2D eigenvalue weighted by Crippen LogP contribution is 2.36. The number of aromatic nitrogens is 1. The van der Waals surface area contributed by atoms with Crippen LogP contribution in [0.15, 0.2) is 80.8 Å². The summed E-state index contributed by atoms with van der Waals surface area (Å²) in [6, 6.07) is 14.3. The number of amides is 1. The lowest BCUT2D eigenvalue weighted by Crippen LogP contribution is -2.37. The molecule has 2 aromatic heterocycles. The predicted octanol–water partition coefficient (Wildman–Crippen LogP) is 5.50. The minimum Gasteiger partial charge on any atom is -0.461 e. The molecule has 8 heteroatoms. The third kappa shape index (κ3) is 3.63. The van der Waals surface area contributed by atoms with Crippen molar-refractivity contribution in [1.29, 1.82) is 0 Å². The monoisotopic (exact) mass is 510 g/mol. The van der Waals surface area contributed by atoms with Crippen LogP contribution in [0.2, 0.25) is 0 Å². The summed E-state index contributed by atoms with van der Waals surface area (Å²) in [5.41, 5.74) is 2.31. The highest BCUT2D eigenvalue weighted by molar-refractivity contribution is 9.10. The van der Waals surface area contributed by atoms with Crippen LogP contribution in [0, 0.1) is 0 Å². The number of rotatable bonds is 4. The average Bonchev–Trinajstić information content (AvgIpc) is 3.18. The number of fused-ring (bicyclic) bond motifs is 3. The Hall–Kier alpha value is -2.97. The third-order valence-corrected chi connectivity index (χ3v) is 7.89. The van der Waals surface area contributed by atoms with Gasteiger partial charge in [-0.15, -0.1) is 0 Å².